The molecule has 0 radical (unpaired) electrons. The molecule has 0 saturated heterocycles. The van der Waals surface area contributed by atoms with E-state index in [0.29, 0.717) is 11.1 Å². The second-order valence-corrected chi connectivity index (χ2v) is 4.88. The van der Waals surface area contributed by atoms with Crippen LogP contribution < -0.4 is 0 Å². The number of hydrogen-bond donors (Lipinski definition) is 1. The van der Waals surface area contributed by atoms with Crippen molar-refractivity contribution in [2.75, 3.05) is 6.26 Å². The molecule has 0 bridgehead atoms. The van der Waals surface area contributed by atoms with Gasteiger partial charge in [-0.05, 0) is 35.6 Å². The number of rotatable bonds is 4. The van der Waals surface area contributed by atoms with Crippen LogP contribution in [-0.2, 0) is 0 Å². The molecule has 0 saturated carbocycles. The summed E-state index contributed by atoms with van der Waals surface area (Å²) in [6, 6.07) is 15.1. The standard InChI is InChI=1S/C16H14O2S/c1-19-14-10-7-12(8-11-14)6-9-13-4-2-3-5-15(13)16(17)18/h2-11H,1H3,(H,17,18). The van der Waals surface area contributed by atoms with Crippen LogP contribution in [0.1, 0.15) is 21.5 Å². The minimum atomic E-state index is -0.905. The second-order valence-electron chi connectivity index (χ2n) is 4.00. The fraction of sp³-hybridized carbons (Fsp3) is 0.0625. The van der Waals surface area contributed by atoms with Crippen molar-refractivity contribution in [3.05, 3.63) is 65.2 Å². The predicted molar refractivity (Wildman–Crippen MR) is 80.6 cm³/mol. The third kappa shape index (κ3) is 3.48. The Kier molecular flexibility index (Phi) is 4.42. The lowest BCUT2D eigenvalue weighted by atomic mass is 10.1. The first kappa shape index (κ1) is 13.4. The Labute approximate surface area is 116 Å². The first-order valence-electron chi connectivity index (χ1n) is 5.85. The molecule has 2 aromatic carbocycles. The summed E-state index contributed by atoms with van der Waals surface area (Å²) in [5.74, 6) is -0.905. The molecule has 2 aromatic rings. The molecule has 0 aliphatic carbocycles. The lowest BCUT2D eigenvalue weighted by Crippen LogP contribution is -1.98. The summed E-state index contributed by atoms with van der Waals surface area (Å²) < 4.78 is 0. The zero-order valence-electron chi connectivity index (χ0n) is 10.5. The van der Waals surface area contributed by atoms with E-state index >= 15 is 0 Å². The third-order valence-electron chi connectivity index (χ3n) is 2.76. The van der Waals surface area contributed by atoms with E-state index in [1.165, 1.54) is 4.90 Å². The molecule has 0 heterocycles. The van der Waals surface area contributed by atoms with Crippen molar-refractivity contribution in [2.45, 2.75) is 4.90 Å². The Morgan fingerprint density at radius 3 is 2.37 bits per heavy atom. The van der Waals surface area contributed by atoms with E-state index in [-0.39, 0.29) is 0 Å². The smallest absolute Gasteiger partial charge is 0.336 e. The highest BCUT2D eigenvalue weighted by Crippen LogP contribution is 2.17. The summed E-state index contributed by atoms with van der Waals surface area (Å²) in [7, 11) is 0. The Hall–Kier alpha value is -2.00. The van der Waals surface area contributed by atoms with Crippen molar-refractivity contribution in [2.24, 2.45) is 0 Å². The van der Waals surface area contributed by atoms with E-state index in [9.17, 15) is 4.79 Å². The van der Waals surface area contributed by atoms with Crippen LogP contribution in [0.4, 0.5) is 0 Å². The molecular weight excluding hydrogens is 256 g/mol. The molecule has 0 aliphatic heterocycles. The minimum Gasteiger partial charge on any atom is -0.478 e. The molecule has 2 rings (SSSR count). The number of carboxylic acids is 1. The zero-order valence-corrected chi connectivity index (χ0v) is 11.4. The van der Waals surface area contributed by atoms with Gasteiger partial charge in [-0.3, -0.25) is 0 Å². The Balaban J connectivity index is 2.24. The molecule has 0 amide bonds. The van der Waals surface area contributed by atoms with Crippen molar-refractivity contribution in [1.29, 1.82) is 0 Å². The zero-order chi connectivity index (χ0) is 13.7. The van der Waals surface area contributed by atoms with Gasteiger partial charge in [-0.15, -0.1) is 11.8 Å². The molecule has 19 heavy (non-hydrogen) atoms. The monoisotopic (exact) mass is 270 g/mol. The fourth-order valence-corrected chi connectivity index (χ4v) is 2.15. The van der Waals surface area contributed by atoms with Crippen molar-refractivity contribution in [3.8, 4) is 0 Å². The SMILES string of the molecule is CSc1ccc(C=Cc2ccccc2C(=O)O)cc1. The van der Waals surface area contributed by atoms with Crippen LogP contribution in [0, 0.1) is 0 Å². The number of thioether (sulfide) groups is 1. The summed E-state index contributed by atoms with van der Waals surface area (Å²) in [4.78, 5) is 12.3. The van der Waals surface area contributed by atoms with Gasteiger partial charge in [-0.2, -0.15) is 0 Å². The van der Waals surface area contributed by atoms with E-state index in [1.54, 1.807) is 30.0 Å². The van der Waals surface area contributed by atoms with Crippen LogP contribution in [0.2, 0.25) is 0 Å². The van der Waals surface area contributed by atoms with Crippen LogP contribution in [-0.4, -0.2) is 17.3 Å². The van der Waals surface area contributed by atoms with Gasteiger partial charge in [0.25, 0.3) is 0 Å². The van der Waals surface area contributed by atoms with Gasteiger partial charge in [0.2, 0.25) is 0 Å². The van der Waals surface area contributed by atoms with Crippen LogP contribution in [0.15, 0.2) is 53.4 Å². The van der Waals surface area contributed by atoms with Crippen molar-refractivity contribution < 1.29 is 9.90 Å². The maximum Gasteiger partial charge on any atom is 0.336 e. The molecule has 96 valence electrons. The second kappa shape index (κ2) is 6.25. The lowest BCUT2D eigenvalue weighted by molar-refractivity contribution is 0.0696. The number of carbonyl (C=O) groups is 1. The van der Waals surface area contributed by atoms with Gasteiger partial charge in [0.05, 0.1) is 5.56 Å². The summed E-state index contributed by atoms with van der Waals surface area (Å²) in [5.41, 5.74) is 2.08. The number of aromatic carboxylic acids is 1. The topological polar surface area (TPSA) is 37.3 Å². The lowest BCUT2D eigenvalue weighted by Gasteiger charge is -2.00. The predicted octanol–water partition coefficient (Wildman–Crippen LogP) is 4.28. The maximum atomic E-state index is 11.1. The highest BCUT2D eigenvalue weighted by molar-refractivity contribution is 7.98. The van der Waals surface area contributed by atoms with Gasteiger partial charge in [-0.1, -0.05) is 42.5 Å². The van der Waals surface area contributed by atoms with E-state index in [1.807, 2.05) is 48.7 Å². The van der Waals surface area contributed by atoms with Gasteiger partial charge < -0.3 is 5.11 Å². The number of hydrogen-bond acceptors (Lipinski definition) is 2. The van der Waals surface area contributed by atoms with Gasteiger partial charge in [-0.25, -0.2) is 4.79 Å². The summed E-state index contributed by atoms with van der Waals surface area (Å²) >= 11 is 1.70. The summed E-state index contributed by atoms with van der Waals surface area (Å²) in [6.45, 7) is 0. The van der Waals surface area contributed by atoms with Gasteiger partial charge in [0.15, 0.2) is 0 Å². The first-order chi connectivity index (χ1) is 9.20. The quantitative estimate of drug-likeness (QED) is 0.665. The molecule has 0 aromatic heterocycles. The maximum absolute atomic E-state index is 11.1. The minimum absolute atomic E-state index is 0.319. The number of carboxylic acid groups (broad SMARTS) is 1. The molecule has 3 heteroatoms. The summed E-state index contributed by atoms with van der Waals surface area (Å²) in [6.07, 6.45) is 5.79. The highest BCUT2D eigenvalue weighted by atomic mass is 32.2. The molecule has 0 unspecified atom stereocenters. The average Bonchev–Trinajstić information content (AvgIpc) is 2.46. The van der Waals surface area contributed by atoms with Crippen molar-refractivity contribution in [3.63, 3.8) is 0 Å². The molecule has 0 aliphatic rings. The average molecular weight is 270 g/mol. The molecule has 1 N–H and O–H groups in total. The first-order valence-corrected chi connectivity index (χ1v) is 7.07. The summed E-state index contributed by atoms with van der Waals surface area (Å²) in [5, 5.41) is 9.09. The normalized spacial score (nSPS) is 10.8. The molecule has 0 atom stereocenters. The van der Waals surface area contributed by atoms with Crippen LogP contribution in [0.5, 0.6) is 0 Å². The van der Waals surface area contributed by atoms with E-state index in [4.69, 9.17) is 5.11 Å². The molecular formula is C16H14O2S. The third-order valence-corrected chi connectivity index (χ3v) is 3.51. The van der Waals surface area contributed by atoms with Gasteiger partial charge in [0.1, 0.15) is 0 Å². The fourth-order valence-electron chi connectivity index (χ4n) is 1.74. The van der Waals surface area contributed by atoms with Gasteiger partial charge >= 0.3 is 5.97 Å². The molecule has 2 nitrogen and oxygen atoms in total. The Morgan fingerprint density at radius 2 is 1.74 bits per heavy atom. The Morgan fingerprint density at radius 1 is 1.05 bits per heavy atom. The largest absolute Gasteiger partial charge is 0.478 e. The molecule has 0 spiro atoms. The van der Waals surface area contributed by atoms with Crippen LogP contribution >= 0.6 is 11.8 Å². The van der Waals surface area contributed by atoms with Crippen molar-refractivity contribution >= 4 is 29.9 Å². The van der Waals surface area contributed by atoms with E-state index < -0.39 is 5.97 Å². The van der Waals surface area contributed by atoms with Crippen LogP contribution in [0.3, 0.4) is 0 Å². The number of benzene rings is 2. The Bertz CT molecular complexity index is 600. The van der Waals surface area contributed by atoms with Gasteiger partial charge in [0, 0.05) is 4.90 Å². The van der Waals surface area contributed by atoms with Crippen LogP contribution in [0.25, 0.3) is 12.2 Å². The molecule has 0 fully saturated rings. The highest BCUT2D eigenvalue weighted by Gasteiger charge is 2.05. The van der Waals surface area contributed by atoms with E-state index in [2.05, 4.69) is 0 Å². The van der Waals surface area contributed by atoms with Crippen molar-refractivity contribution in [1.82, 2.24) is 0 Å². The van der Waals surface area contributed by atoms with E-state index in [0.717, 1.165) is 5.56 Å².